The van der Waals surface area contributed by atoms with Gasteiger partial charge in [-0.05, 0) is 38.3 Å². The summed E-state index contributed by atoms with van der Waals surface area (Å²) < 4.78 is 0. The largest absolute Gasteiger partial charge is 0.344 e. The second-order valence-electron chi connectivity index (χ2n) is 5.50. The minimum atomic E-state index is -0.171. The van der Waals surface area contributed by atoms with E-state index >= 15 is 0 Å². The molecule has 108 valence electrons. The van der Waals surface area contributed by atoms with Gasteiger partial charge in [-0.3, -0.25) is 9.78 Å². The van der Waals surface area contributed by atoms with Crippen LogP contribution in [0.15, 0.2) is 30.7 Å². The zero-order valence-corrected chi connectivity index (χ0v) is 12.2. The Morgan fingerprint density at radius 1 is 1.29 bits per heavy atom. The number of aromatic nitrogens is 3. The molecule has 1 N–H and O–H groups in total. The van der Waals surface area contributed by atoms with Crippen molar-refractivity contribution >= 4 is 5.91 Å². The molecule has 0 aromatic carbocycles. The molecule has 1 aliphatic rings. The zero-order valence-electron chi connectivity index (χ0n) is 12.2. The number of hydrogen-bond acceptors (Lipinski definition) is 4. The Morgan fingerprint density at radius 2 is 2.00 bits per heavy atom. The second kappa shape index (κ2) is 5.60. The predicted octanol–water partition coefficient (Wildman–Crippen LogP) is 2.55. The van der Waals surface area contributed by atoms with Gasteiger partial charge in [-0.15, -0.1) is 0 Å². The van der Waals surface area contributed by atoms with Crippen LogP contribution < -0.4 is 5.32 Å². The highest BCUT2D eigenvalue weighted by atomic mass is 16.1. The molecule has 0 saturated heterocycles. The summed E-state index contributed by atoms with van der Waals surface area (Å²) in [5.41, 5.74) is 2.42. The predicted molar refractivity (Wildman–Crippen MR) is 78.9 cm³/mol. The molecule has 5 nitrogen and oxygen atoms in total. The van der Waals surface area contributed by atoms with Gasteiger partial charge in [-0.1, -0.05) is 6.07 Å². The lowest BCUT2D eigenvalue weighted by Gasteiger charge is -2.15. The first-order chi connectivity index (χ1) is 10.1. The summed E-state index contributed by atoms with van der Waals surface area (Å²) in [6.45, 7) is 3.91. The maximum Gasteiger partial charge on any atom is 0.254 e. The topological polar surface area (TPSA) is 67.8 Å². The lowest BCUT2D eigenvalue weighted by molar-refractivity contribution is 0.0938. The van der Waals surface area contributed by atoms with Crippen LogP contribution in [0.25, 0.3) is 0 Å². The van der Waals surface area contributed by atoms with Crippen LogP contribution in [-0.4, -0.2) is 20.9 Å². The van der Waals surface area contributed by atoms with Crippen molar-refractivity contribution in [2.45, 2.75) is 38.6 Å². The molecule has 1 aliphatic carbocycles. The van der Waals surface area contributed by atoms with E-state index in [0.717, 1.165) is 29.9 Å². The van der Waals surface area contributed by atoms with Crippen LogP contribution in [0, 0.1) is 6.92 Å². The molecule has 2 heterocycles. The van der Waals surface area contributed by atoms with E-state index in [1.165, 1.54) is 0 Å². The maximum atomic E-state index is 12.2. The van der Waals surface area contributed by atoms with Crippen molar-refractivity contribution in [1.29, 1.82) is 0 Å². The number of carbonyl (C=O) groups excluding carboxylic acids is 1. The highest BCUT2D eigenvalue weighted by Gasteiger charge is 2.26. The number of nitrogens with zero attached hydrogens (tertiary/aromatic N) is 3. The van der Waals surface area contributed by atoms with E-state index in [1.54, 1.807) is 18.6 Å². The fourth-order valence-corrected chi connectivity index (χ4v) is 2.31. The molecule has 3 rings (SSSR count). The number of nitrogens with one attached hydrogen (secondary N) is 1. The highest BCUT2D eigenvalue weighted by Crippen LogP contribution is 2.37. The molecule has 0 aliphatic heterocycles. The van der Waals surface area contributed by atoms with Gasteiger partial charge in [0.2, 0.25) is 0 Å². The molecular weight excluding hydrogens is 264 g/mol. The molecule has 2 aromatic rings. The SMILES string of the molecule is Cc1cccnc1[C@H](C)NC(=O)c1cnc(C2CC2)nc1. The standard InChI is InChI=1S/C16H18N4O/c1-10-4-3-7-17-14(10)11(2)20-16(21)13-8-18-15(19-9-13)12-5-6-12/h3-4,7-9,11-12H,5-6H2,1-2H3,(H,20,21)/t11-/m0/s1. The Morgan fingerprint density at radius 3 is 2.62 bits per heavy atom. The molecule has 1 amide bonds. The van der Waals surface area contributed by atoms with E-state index in [9.17, 15) is 4.79 Å². The van der Waals surface area contributed by atoms with E-state index in [-0.39, 0.29) is 11.9 Å². The van der Waals surface area contributed by atoms with Gasteiger partial charge in [0.05, 0.1) is 17.3 Å². The first-order valence-electron chi connectivity index (χ1n) is 7.19. The van der Waals surface area contributed by atoms with E-state index in [2.05, 4.69) is 20.3 Å². The first kappa shape index (κ1) is 13.7. The number of carbonyl (C=O) groups is 1. The van der Waals surface area contributed by atoms with E-state index in [1.807, 2.05) is 26.0 Å². The Labute approximate surface area is 123 Å². The molecule has 1 saturated carbocycles. The number of hydrogen-bond donors (Lipinski definition) is 1. The van der Waals surface area contributed by atoms with Gasteiger partial charge in [0, 0.05) is 24.5 Å². The summed E-state index contributed by atoms with van der Waals surface area (Å²) >= 11 is 0. The summed E-state index contributed by atoms with van der Waals surface area (Å²) in [5, 5.41) is 2.94. The van der Waals surface area contributed by atoms with E-state index < -0.39 is 0 Å². The van der Waals surface area contributed by atoms with Crippen LogP contribution in [0.1, 0.15) is 59.2 Å². The van der Waals surface area contributed by atoms with Crippen LogP contribution >= 0.6 is 0 Å². The Kier molecular flexibility index (Phi) is 3.64. The van der Waals surface area contributed by atoms with Crippen molar-refractivity contribution in [2.75, 3.05) is 0 Å². The third-order valence-corrected chi connectivity index (χ3v) is 3.68. The van der Waals surface area contributed by atoms with Gasteiger partial charge in [0.25, 0.3) is 5.91 Å². The van der Waals surface area contributed by atoms with Crippen molar-refractivity contribution in [3.05, 3.63) is 53.4 Å². The molecule has 2 aromatic heterocycles. The first-order valence-corrected chi connectivity index (χ1v) is 7.19. The molecular formula is C16H18N4O. The summed E-state index contributed by atoms with van der Waals surface area (Å²) in [4.78, 5) is 25.1. The molecule has 0 spiro atoms. The van der Waals surface area contributed by atoms with Gasteiger partial charge in [-0.2, -0.15) is 0 Å². The van der Waals surface area contributed by atoms with Crippen molar-refractivity contribution in [3.8, 4) is 0 Å². The Balaban J connectivity index is 1.69. The smallest absolute Gasteiger partial charge is 0.254 e. The summed E-state index contributed by atoms with van der Waals surface area (Å²) in [7, 11) is 0. The van der Waals surface area contributed by atoms with Crippen LogP contribution in [-0.2, 0) is 0 Å². The number of pyridine rings is 1. The van der Waals surface area contributed by atoms with E-state index in [4.69, 9.17) is 0 Å². The number of amides is 1. The highest BCUT2D eigenvalue weighted by molar-refractivity contribution is 5.93. The lowest BCUT2D eigenvalue weighted by Crippen LogP contribution is -2.28. The van der Waals surface area contributed by atoms with Gasteiger partial charge >= 0.3 is 0 Å². The average molecular weight is 282 g/mol. The number of rotatable bonds is 4. The van der Waals surface area contributed by atoms with Crippen molar-refractivity contribution in [1.82, 2.24) is 20.3 Å². The Bertz CT molecular complexity index is 650. The fraction of sp³-hybridized carbons (Fsp3) is 0.375. The van der Waals surface area contributed by atoms with Crippen LogP contribution in [0.5, 0.6) is 0 Å². The van der Waals surface area contributed by atoms with Gasteiger partial charge in [0.1, 0.15) is 5.82 Å². The third kappa shape index (κ3) is 3.07. The molecule has 0 radical (unpaired) electrons. The lowest BCUT2D eigenvalue weighted by atomic mass is 10.1. The van der Waals surface area contributed by atoms with Crippen molar-refractivity contribution in [2.24, 2.45) is 0 Å². The zero-order chi connectivity index (χ0) is 14.8. The summed E-state index contributed by atoms with van der Waals surface area (Å²) in [6.07, 6.45) is 7.25. The molecule has 21 heavy (non-hydrogen) atoms. The summed E-state index contributed by atoms with van der Waals surface area (Å²) in [6, 6.07) is 3.72. The third-order valence-electron chi connectivity index (χ3n) is 3.68. The average Bonchev–Trinajstić information content (AvgIpc) is 3.32. The maximum absolute atomic E-state index is 12.2. The molecule has 1 fully saturated rings. The minimum absolute atomic E-state index is 0.151. The normalized spacial score (nSPS) is 15.5. The fourth-order valence-electron chi connectivity index (χ4n) is 2.31. The molecule has 5 heteroatoms. The Hall–Kier alpha value is -2.30. The van der Waals surface area contributed by atoms with Crippen LogP contribution in [0.2, 0.25) is 0 Å². The van der Waals surface area contributed by atoms with Crippen molar-refractivity contribution < 1.29 is 4.79 Å². The van der Waals surface area contributed by atoms with Crippen LogP contribution in [0.4, 0.5) is 0 Å². The van der Waals surface area contributed by atoms with Gasteiger partial charge in [-0.25, -0.2) is 9.97 Å². The number of aryl methyl sites for hydroxylation is 1. The molecule has 0 unspecified atom stereocenters. The molecule has 0 bridgehead atoms. The minimum Gasteiger partial charge on any atom is -0.344 e. The summed E-state index contributed by atoms with van der Waals surface area (Å²) in [5.74, 6) is 1.17. The molecule has 1 atom stereocenters. The van der Waals surface area contributed by atoms with E-state index in [0.29, 0.717) is 11.5 Å². The second-order valence-corrected chi connectivity index (χ2v) is 5.50. The van der Waals surface area contributed by atoms with Crippen molar-refractivity contribution in [3.63, 3.8) is 0 Å². The van der Waals surface area contributed by atoms with Crippen LogP contribution in [0.3, 0.4) is 0 Å². The van der Waals surface area contributed by atoms with Gasteiger partial charge in [0.15, 0.2) is 0 Å². The quantitative estimate of drug-likeness (QED) is 0.935. The van der Waals surface area contributed by atoms with Gasteiger partial charge < -0.3 is 5.32 Å². The monoisotopic (exact) mass is 282 g/mol.